The summed E-state index contributed by atoms with van der Waals surface area (Å²) in [7, 11) is -5.54. The maximum atomic E-state index is 13.7. The maximum Gasteiger partial charge on any atom is 0.245 e. The monoisotopic (exact) mass is 437 g/mol. The van der Waals surface area contributed by atoms with Crippen LogP contribution in [-0.4, -0.2) is 45.0 Å². The van der Waals surface area contributed by atoms with Crippen LogP contribution < -0.4 is 0 Å². The molecule has 0 spiro atoms. The standard InChI is InChI=1S/C22H35NO4SSi/c1-5-29(6-2,7-3)27-21(15-9-16-21)22-20(26-22)10-8-17-23(22)28(24,25)19-13-11-18(4)12-14-19/h11-14,20H,5-10,15-17H2,1-4H3/t20-,22+/m1/s1. The summed E-state index contributed by atoms with van der Waals surface area (Å²) < 4.78 is 42.5. The maximum absolute atomic E-state index is 13.7. The van der Waals surface area contributed by atoms with Crippen molar-refractivity contribution in [2.45, 2.75) is 100 Å². The lowest BCUT2D eigenvalue weighted by Gasteiger charge is -2.54. The van der Waals surface area contributed by atoms with Crippen molar-refractivity contribution in [3.8, 4) is 0 Å². The summed E-state index contributed by atoms with van der Waals surface area (Å²) >= 11 is 0. The van der Waals surface area contributed by atoms with Crippen molar-refractivity contribution in [2.75, 3.05) is 6.54 Å². The first-order valence-electron chi connectivity index (χ1n) is 11.3. The smallest absolute Gasteiger partial charge is 0.245 e. The number of hydrogen-bond donors (Lipinski definition) is 0. The van der Waals surface area contributed by atoms with E-state index in [1.54, 1.807) is 16.4 Å². The summed E-state index contributed by atoms with van der Waals surface area (Å²) in [5.74, 6) is 0. The zero-order chi connectivity index (χ0) is 20.9. The lowest BCUT2D eigenvalue weighted by atomic mass is 9.72. The van der Waals surface area contributed by atoms with E-state index in [0.717, 1.165) is 55.8 Å². The first-order chi connectivity index (χ1) is 13.8. The molecule has 2 heterocycles. The summed E-state index contributed by atoms with van der Waals surface area (Å²) in [6.07, 6.45) is 4.61. The van der Waals surface area contributed by atoms with Gasteiger partial charge >= 0.3 is 0 Å². The summed E-state index contributed by atoms with van der Waals surface area (Å²) in [4.78, 5) is 0.359. The second kappa shape index (κ2) is 7.45. The van der Waals surface area contributed by atoms with Crippen LogP contribution in [0.1, 0.15) is 58.4 Å². The Balaban J connectivity index is 1.74. The third-order valence-electron chi connectivity index (χ3n) is 7.67. The minimum Gasteiger partial charge on any atom is -0.407 e. The fourth-order valence-electron chi connectivity index (χ4n) is 5.42. The Bertz CT molecular complexity index is 840. The highest BCUT2D eigenvalue weighted by Gasteiger charge is 2.78. The zero-order valence-corrected chi connectivity index (χ0v) is 20.1. The van der Waals surface area contributed by atoms with E-state index in [1.165, 1.54) is 0 Å². The number of ether oxygens (including phenoxy) is 1. The number of nitrogens with zero attached hydrogens (tertiary/aromatic N) is 1. The number of hydrogen-bond acceptors (Lipinski definition) is 4. The third-order valence-corrected chi connectivity index (χ3v) is 14.3. The van der Waals surface area contributed by atoms with Crippen LogP contribution >= 0.6 is 0 Å². The van der Waals surface area contributed by atoms with Gasteiger partial charge in [-0.1, -0.05) is 38.5 Å². The number of aryl methyl sites for hydroxylation is 1. The van der Waals surface area contributed by atoms with E-state index in [1.807, 2.05) is 19.1 Å². The van der Waals surface area contributed by atoms with E-state index >= 15 is 0 Å². The fraction of sp³-hybridized carbons (Fsp3) is 0.727. The number of rotatable bonds is 8. The van der Waals surface area contributed by atoms with Crippen LogP contribution in [0.5, 0.6) is 0 Å². The van der Waals surface area contributed by atoms with Crippen molar-refractivity contribution in [2.24, 2.45) is 0 Å². The molecule has 1 aromatic rings. The molecule has 3 fully saturated rings. The molecule has 162 valence electrons. The van der Waals surface area contributed by atoms with Crippen LogP contribution in [0.15, 0.2) is 29.2 Å². The SMILES string of the molecule is CC[Si](CC)(CC)OC1([C@@]23O[C@@H]2CCCN3S(=O)(=O)c2ccc(C)cc2)CCC1. The topological polar surface area (TPSA) is 59.1 Å². The number of benzene rings is 1. The van der Waals surface area contributed by atoms with Crippen molar-refractivity contribution < 1.29 is 17.6 Å². The van der Waals surface area contributed by atoms with E-state index in [9.17, 15) is 8.42 Å². The van der Waals surface area contributed by atoms with Crippen LogP contribution in [0.4, 0.5) is 0 Å². The summed E-state index contributed by atoms with van der Waals surface area (Å²) in [5, 5.41) is 0. The Morgan fingerprint density at radius 3 is 2.24 bits per heavy atom. The van der Waals surface area contributed by atoms with Crippen LogP contribution in [0.3, 0.4) is 0 Å². The van der Waals surface area contributed by atoms with Crippen LogP contribution in [0.2, 0.25) is 18.1 Å². The van der Waals surface area contributed by atoms with Crippen molar-refractivity contribution in [3.05, 3.63) is 29.8 Å². The highest BCUT2D eigenvalue weighted by molar-refractivity contribution is 7.89. The average molecular weight is 438 g/mol. The summed E-state index contributed by atoms with van der Waals surface area (Å²) in [6, 6.07) is 10.4. The van der Waals surface area contributed by atoms with Gasteiger partial charge in [0.1, 0.15) is 11.7 Å². The number of sulfonamides is 1. The van der Waals surface area contributed by atoms with Crippen LogP contribution in [0, 0.1) is 6.92 Å². The molecule has 5 nitrogen and oxygen atoms in total. The molecule has 2 saturated heterocycles. The first kappa shape index (κ1) is 21.5. The molecular weight excluding hydrogens is 402 g/mol. The van der Waals surface area contributed by atoms with Gasteiger partial charge in [0.2, 0.25) is 10.0 Å². The predicted octanol–water partition coefficient (Wildman–Crippen LogP) is 4.82. The average Bonchev–Trinajstić information content (AvgIpc) is 3.44. The number of piperidine rings is 1. The second-order valence-corrected chi connectivity index (χ2v) is 15.6. The fourth-order valence-corrected chi connectivity index (χ4v) is 10.3. The van der Waals surface area contributed by atoms with Crippen molar-refractivity contribution in [1.82, 2.24) is 4.31 Å². The number of fused-ring (bicyclic) bond motifs is 1. The Morgan fingerprint density at radius 1 is 1.10 bits per heavy atom. The Hall–Kier alpha value is -0.733. The lowest BCUT2D eigenvalue weighted by Crippen LogP contribution is -2.67. The lowest BCUT2D eigenvalue weighted by molar-refractivity contribution is -0.125. The molecule has 7 heteroatoms. The molecule has 2 atom stereocenters. The molecular formula is C22H35NO4SSi. The van der Waals surface area contributed by atoms with E-state index in [-0.39, 0.29) is 6.10 Å². The van der Waals surface area contributed by atoms with Crippen LogP contribution in [0.25, 0.3) is 0 Å². The van der Waals surface area contributed by atoms with Crippen molar-refractivity contribution in [1.29, 1.82) is 0 Å². The molecule has 4 rings (SSSR count). The highest BCUT2D eigenvalue weighted by Crippen LogP contribution is 2.63. The third kappa shape index (κ3) is 3.16. The largest absolute Gasteiger partial charge is 0.407 e. The van der Waals surface area contributed by atoms with Crippen molar-refractivity contribution >= 4 is 18.3 Å². The van der Waals surface area contributed by atoms with E-state index in [4.69, 9.17) is 9.16 Å². The Morgan fingerprint density at radius 2 is 1.72 bits per heavy atom. The van der Waals surface area contributed by atoms with Gasteiger partial charge in [-0.2, -0.15) is 4.31 Å². The van der Waals surface area contributed by atoms with Crippen LogP contribution in [-0.2, 0) is 19.2 Å². The molecule has 2 aliphatic heterocycles. The van der Waals surface area contributed by atoms with Crippen molar-refractivity contribution in [3.63, 3.8) is 0 Å². The highest BCUT2D eigenvalue weighted by atomic mass is 32.2. The first-order valence-corrected chi connectivity index (χ1v) is 15.2. The molecule has 1 aromatic carbocycles. The molecule has 29 heavy (non-hydrogen) atoms. The Labute approximate surface area is 177 Å². The van der Waals surface area contributed by atoms with Gasteiger partial charge in [0.05, 0.1) is 4.90 Å². The Kier molecular flexibility index (Phi) is 5.52. The van der Waals surface area contributed by atoms with E-state index in [0.29, 0.717) is 11.4 Å². The minimum absolute atomic E-state index is 0.0333. The predicted molar refractivity (Wildman–Crippen MR) is 117 cm³/mol. The molecule has 0 amide bonds. The molecule has 1 saturated carbocycles. The van der Waals surface area contributed by atoms with Gasteiger partial charge in [0.25, 0.3) is 0 Å². The minimum atomic E-state index is -3.64. The second-order valence-electron chi connectivity index (χ2n) is 9.03. The van der Waals surface area contributed by atoms with Gasteiger partial charge < -0.3 is 9.16 Å². The normalized spacial score (nSPS) is 29.2. The summed E-state index contributed by atoms with van der Waals surface area (Å²) in [6.45, 7) is 9.18. The number of epoxide rings is 1. The van der Waals surface area contributed by atoms with E-state index < -0.39 is 29.7 Å². The van der Waals surface area contributed by atoms with E-state index in [2.05, 4.69) is 20.8 Å². The van der Waals surface area contributed by atoms with Gasteiger partial charge in [-0.05, 0) is 69.3 Å². The van der Waals surface area contributed by atoms with Gasteiger partial charge in [-0.25, -0.2) is 8.42 Å². The quantitative estimate of drug-likeness (QED) is 0.432. The molecule has 1 aliphatic carbocycles. The van der Waals surface area contributed by atoms with Gasteiger partial charge in [0.15, 0.2) is 14.0 Å². The van der Waals surface area contributed by atoms with Gasteiger partial charge in [-0.15, -0.1) is 0 Å². The molecule has 0 N–H and O–H groups in total. The van der Waals surface area contributed by atoms with Gasteiger partial charge in [0, 0.05) is 6.54 Å². The molecule has 0 bridgehead atoms. The van der Waals surface area contributed by atoms with Gasteiger partial charge in [-0.3, -0.25) is 0 Å². The molecule has 3 aliphatic rings. The molecule has 0 unspecified atom stereocenters. The summed E-state index contributed by atoms with van der Waals surface area (Å²) in [5.41, 5.74) is -0.212. The molecule has 0 aromatic heterocycles. The molecule has 0 radical (unpaired) electrons. The zero-order valence-electron chi connectivity index (χ0n) is 18.2.